The van der Waals surface area contributed by atoms with Crippen LogP contribution < -0.4 is 10.2 Å². The summed E-state index contributed by atoms with van der Waals surface area (Å²) in [7, 11) is 0. The standard InChI is InChI=1S/C13H24N4/c1-5-14-7-12-8-15-13(16-9-12)17(6-2)10-11(3)4/h8-9,11,14H,5-7,10H2,1-4H3. The molecule has 0 aliphatic carbocycles. The van der Waals surface area contributed by atoms with E-state index in [1.54, 1.807) is 0 Å². The second-order valence-electron chi connectivity index (χ2n) is 4.60. The quantitative estimate of drug-likeness (QED) is 0.787. The van der Waals surface area contributed by atoms with E-state index < -0.39 is 0 Å². The molecule has 1 heterocycles. The normalized spacial score (nSPS) is 10.9. The second kappa shape index (κ2) is 7.22. The third-order valence-corrected chi connectivity index (χ3v) is 2.52. The maximum Gasteiger partial charge on any atom is 0.225 e. The van der Waals surface area contributed by atoms with Crippen molar-refractivity contribution in [3.8, 4) is 0 Å². The highest BCUT2D eigenvalue weighted by atomic mass is 15.2. The van der Waals surface area contributed by atoms with Crippen molar-refractivity contribution in [3.63, 3.8) is 0 Å². The second-order valence-corrected chi connectivity index (χ2v) is 4.60. The van der Waals surface area contributed by atoms with E-state index in [2.05, 4.69) is 47.9 Å². The molecular formula is C13H24N4. The first-order chi connectivity index (χ1) is 8.17. The lowest BCUT2D eigenvalue weighted by atomic mass is 10.2. The number of hydrogen-bond donors (Lipinski definition) is 1. The van der Waals surface area contributed by atoms with Gasteiger partial charge in [0.1, 0.15) is 0 Å². The first kappa shape index (κ1) is 13.9. The number of rotatable bonds is 7. The Morgan fingerprint density at radius 3 is 2.35 bits per heavy atom. The minimum Gasteiger partial charge on any atom is -0.341 e. The van der Waals surface area contributed by atoms with Crippen LogP contribution in [-0.2, 0) is 6.54 Å². The Balaban J connectivity index is 2.64. The van der Waals surface area contributed by atoms with Gasteiger partial charge in [0.25, 0.3) is 0 Å². The molecule has 0 amide bonds. The van der Waals surface area contributed by atoms with Gasteiger partial charge in [0.05, 0.1) is 0 Å². The van der Waals surface area contributed by atoms with Gasteiger partial charge >= 0.3 is 0 Å². The lowest BCUT2D eigenvalue weighted by Gasteiger charge is -2.22. The van der Waals surface area contributed by atoms with E-state index in [4.69, 9.17) is 0 Å². The number of aromatic nitrogens is 2. The van der Waals surface area contributed by atoms with Gasteiger partial charge in [0, 0.05) is 37.6 Å². The Hall–Kier alpha value is -1.16. The predicted octanol–water partition coefficient (Wildman–Crippen LogP) is 2.07. The summed E-state index contributed by atoms with van der Waals surface area (Å²) < 4.78 is 0. The van der Waals surface area contributed by atoms with Crippen LogP contribution >= 0.6 is 0 Å². The molecule has 0 fully saturated rings. The molecule has 96 valence electrons. The first-order valence-electron chi connectivity index (χ1n) is 6.43. The fraction of sp³-hybridized carbons (Fsp3) is 0.692. The first-order valence-corrected chi connectivity index (χ1v) is 6.43. The largest absolute Gasteiger partial charge is 0.341 e. The maximum atomic E-state index is 4.43. The van der Waals surface area contributed by atoms with E-state index in [-0.39, 0.29) is 0 Å². The van der Waals surface area contributed by atoms with Gasteiger partial charge in [0.2, 0.25) is 5.95 Å². The monoisotopic (exact) mass is 236 g/mol. The van der Waals surface area contributed by atoms with Crippen LogP contribution in [0.1, 0.15) is 33.3 Å². The van der Waals surface area contributed by atoms with Gasteiger partial charge in [-0.1, -0.05) is 20.8 Å². The Labute approximate surface area is 104 Å². The Kier molecular flexibility index (Phi) is 5.91. The molecule has 0 radical (unpaired) electrons. The van der Waals surface area contributed by atoms with E-state index in [0.29, 0.717) is 5.92 Å². The molecule has 1 aromatic rings. The molecule has 4 nitrogen and oxygen atoms in total. The molecule has 17 heavy (non-hydrogen) atoms. The number of nitrogens with one attached hydrogen (secondary N) is 1. The number of hydrogen-bond acceptors (Lipinski definition) is 4. The molecule has 0 aliphatic heterocycles. The van der Waals surface area contributed by atoms with Crippen LogP contribution in [0, 0.1) is 5.92 Å². The summed E-state index contributed by atoms with van der Waals surface area (Å²) in [6, 6.07) is 0. The molecule has 0 saturated carbocycles. The fourth-order valence-corrected chi connectivity index (χ4v) is 1.66. The Morgan fingerprint density at radius 2 is 1.88 bits per heavy atom. The summed E-state index contributed by atoms with van der Waals surface area (Å²) in [5.74, 6) is 1.46. The molecule has 0 spiro atoms. The zero-order valence-electron chi connectivity index (χ0n) is 11.4. The highest BCUT2D eigenvalue weighted by Crippen LogP contribution is 2.09. The van der Waals surface area contributed by atoms with Gasteiger partial charge in [-0.05, 0) is 19.4 Å². The number of anilines is 1. The van der Waals surface area contributed by atoms with E-state index in [9.17, 15) is 0 Å². The van der Waals surface area contributed by atoms with Crippen molar-refractivity contribution in [2.75, 3.05) is 24.5 Å². The van der Waals surface area contributed by atoms with Gasteiger partial charge in [-0.15, -0.1) is 0 Å². The highest BCUT2D eigenvalue weighted by molar-refractivity contribution is 5.29. The van der Waals surface area contributed by atoms with Gasteiger partial charge < -0.3 is 10.2 Å². The summed E-state index contributed by atoms with van der Waals surface area (Å²) in [4.78, 5) is 11.1. The van der Waals surface area contributed by atoms with Crippen LogP contribution in [0.15, 0.2) is 12.4 Å². The highest BCUT2D eigenvalue weighted by Gasteiger charge is 2.08. The molecule has 0 atom stereocenters. The fourth-order valence-electron chi connectivity index (χ4n) is 1.66. The topological polar surface area (TPSA) is 41.1 Å². The molecule has 1 rings (SSSR count). The van der Waals surface area contributed by atoms with Crippen LogP contribution in [0.2, 0.25) is 0 Å². The predicted molar refractivity (Wildman–Crippen MR) is 72.1 cm³/mol. The number of nitrogens with zero attached hydrogens (tertiary/aromatic N) is 3. The third-order valence-electron chi connectivity index (χ3n) is 2.52. The van der Waals surface area contributed by atoms with E-state index in [1.807, 2.05) is 12.4 Å². The van der Waals surface area contributed by atoms with Crippen LogP contribution in [0.3, 0.4) is 0 Å². The smallest absolute Gasteiger partial charge is 0.225 e. The van der Waals surface area contributed by atoms with Gasteiger partial charge in [-0.2, -0.15) is 0 Å². The summed E-state index contributed by atoms with van der Waals surface area (Å²) in [5.41, 5.74) is 1.14. The van der Waals surface area contributed by atoms with Crippen molar-refractivity contribution in [2.24, 2.45) is 5.92 Å². The zero-order valence-corrected chi connectivity index (χ0v) is 11.4. The van der Waals surface area contributed by atoms with Crippen molar-refractivity contribution < 1.29 is 0 Å². The van der Waals surface area contributed by atoms with Gasteiger partial charge in [0.15, 0.2) is 0 Å². The lowest BCUT2D eigenvalue weighted by molar-refractivity contribution is 0.608. The molecule has 0 unspecified atom stereocenters. The van der Waals surface area contributed by atoms with Crippen LogP contribution in [0.25, 0.3) is 0 Å². The van der Waals surface area contributed by atoms with Crippen molar-refractivity contribution in [3.05, 3.63) is 18.0 Å². The van der Waals surface area contributed by atoms with Crippen LogP contribution in [0.4, 0.5) is 5.95 Å². The summed E-state index contributed by atoms with van der Waals surface area (Å²) >= 11 is 0. The van der Waals surface area contributed by atoms with Crippen molar-refractivity contribution in [2.45, 2.75) is 34.2 Å². The molecule has 0 saturated heterocycles. The zero-order chi connectivity index (χ0) is 12.7. The van der Waals surface area contributed by atoms with E-state index in [0.717, 1.165) is 37.7 Å². The summed E-state index contributed by atoms with van der Waals surface area (Å²) in [6.07, 6.45) is 3.82. The van der Waals surface area contributed by atoms with Crippen LogP contribution in [0.5, 0.6) is 0 Å². The molecule has 0 bridgehead atoms. The van der Waals surface area contributed by atoms with E-state index >= 15 is 0 Å². The van der Waals surface area contributed by atoms with Crippen molar-refractivity contribution in [1.82, 2.24) is 15.3 Å². The van der Waals surface area contributed by atoms with Gasteiger partial charge in [-0.25, -0.2) is 9.97 Å². The molecule has 4 heteroatoms. The Bertz CT molecular complexity index is 308. The molecular weight excluding hydrogens is 212 g/mol. The molecule has 0 aromatic carbocycles. The summed E-state index contributed by atoms with van der Waals surface area (Å²) in [6.45, 7) is 12.4. The molecule has 1 N–H and O–H groups in total. The third kappa shape index (κ3) is 4.69. The van der Waals surface area contributed by atoms with Gasteiger partial charge in [-0.3, -0.25) is 0 Å². The Morgan fingerprint density at radius 1 is 1.24 bits per heavy atom. The lowest BCUT2D eigenvalue weighted by Crippen LogP contribution is -2.29. The van der Waals surface area contributed by atoms with Crippen molar-refractivity contribution >= 4 is 5.95 Å². The molecule has 1 aromatic heterocycles. The summed E-state index contributed by atoms with van der Waals surface area (Å²) in [5, 5.41) is 3.27. The minimum absolute atomic E-state index is 0.625. The van der Waals surface area contributed by atoms with Crippen LogP contribution in [-0.4, -0.2) is 29.6 Å². The van der Waals surface area contributed by atoms with E-state index in [1.165, 1.54) is 0 Å². The minimum atomic E-state index is 0.625. The SMILES string of the molecule is CCNCc1cnc(N(CC)CC(C)C)nc1. The van der Waals surface area contributed by atoms with Crippen molar-refractivity contribution in [1.29, 1.82) is 0 Å². The average molecular weight is 236 g/mol. The average Bonchev–Trinajstić information content (AvgIpc) is 2.34. The molecule has 0 aliphatic rings. The maximum absolute atomic E-state index is 4.43.